The molecule has 0 bridgehead atoms. The Morgan fingerprint density at radius 2 is 1.71 bits per heavy atom. The molecule has 2 aliphatic rings. The molecule has 17 heavy (non-hydrogen) atoms. The average Bonchev–Trinajstić information content (AvgIpc) is 2.32. The highest BCUT2D eigenvalue weighted by Gasteiger charge is 2.28. The first-order chi connectivity index (χ1) is 8.18. The van der Waals surface area contributed by atoms with E-state index in [9.17, 15) is 0 Å². The van der Waals surface area contributed by atoms with E-state index in [1.165, 1.54) is 51.6 Å². The molecular formula is C15H30N2. The number of hydrogen-bond donors (Lipinski definition) is 1. The second-order valence-electron chi connectivity index (χ2n) is 6.45. The molecule has 1 heterocycles. The molecule has 100 valence electrons. The minimum atomic E-state index is 0.725. The molecule has 4 atom stereocenters. The van der Waals surface area contributed by atoms with Gasteiger partial charge < -0.3 is 10.2 Å². The number of nitrogens with one attached hydrogen (secondary N) is 1. The Labute approximate surface area is 107 Å². The van der Waals surface area contributed by atoms with Crippen molar-refractivity contribution >= 4 is 0 Å². The van der Waals surface area contributed by atoms with Gasteiger partial charge in [-0.2, -0.15) is 0 Å². The molecule has 2 fully saturated rings. The van der Waals surface area contributed by atoms with Crippen LogP contribution in [-0.4, -0.2) is 37.1 Å². The second-order valence-corrected chi connectivity index (χ2v) is 6.45. The molecule has 0 aromatic heterocycles. The van der Waals surface area contributed by atoms with E-state index in [2.05, 4.69) is 31.1 Å². The first kappa shape index (κ1) is 13.4. The minimum absolute atomic E-state index is 0.725. The van der Waals surface area contributed by atoms with Gasteiger partial charge in [0, 0.05) is 18.6 Å². The van der Waals surface area contributed by atoms with Crippen molar-refractivity contribution in [3.05, 3.63) is 0 Å². The van der Waals surface area contributed by atoms with E-state index in [1.54, 1.807) is 0 Å². The van der Waals surface area contributed by atoms with Crippen LogP contribution in [-0.2, 0) is 0 Å². The molecule has 0 aromatic carbocycles. The van der Waals surface area contributed by atoms with Gasteiger partial charge in [0.15, 0.2) is 0 Å². The molecule has 0 aromatic rings. The van der Waals surface area contributed by atoms with Crippen molar-refractivity contribution in [1.82, 2.24) is 10.2 Å². The number of piperidine rings is 1. The quantitative estimate of drug-likeness (QED) is 0.813. The molecule has 1 N–H and O–H groups in total. The number of likely N-dealkylation sites (N-methyl/N-ethyl adjacent to an activating group) is 1. The summed E-state index contributed by atoms with van der Waals surface area (Å²) in [4.78, 5) is 2.64. The Hall–Kier alpha value is -0.0800. The largest absolute Gasteiger partial charge is 0.312 e. The maximum absolute atomic E-state index is 3.71. The predicted octanol–water partition coefficient (Wildman–Crippen LogP) is 2.89. The summed E-state index contributed by atoms with van der Waals surface area (Å²) in [7, 11) is 2.34. The smallest absolute Gasteiger partial charge is 0.0220 e. The van der Waals surface area contributed by atoms with Crippen molar-refractivity contribution in [2.24, 2.45) is 11.8 Å². The zero-order chi connectivity index (χ0) is 12.3. The fourth-order valence-electron chi connectivity index (χ4n) is 3.76. The average molecular weight is 238 g/mol. The molecule has 4 unspecified atom stereocenters. The van der Waals surface area contributed by atoms with Gasteiger partial charge in [-0.1, -0.05) is 26.7 Å². The second kappa shape index (κ2) is 6.19. The Morgan fingerprint density at radius 1 is 1.00 bits per heavy atom. The summed E-state index contributed by atoms with van der Waals surface area (Å²) < 4.78 is 0. The van der Waals surface area contributed by atoms with Gasteiger partial charge in [0.25, 0.3) is 0 Å². The van der Waals surface area contributed by atoms with Gasteiger partial charge in [-0.25, -0.2) is 0 Å². The first-order valence-corrected chi connectivity index (χ1v) is 7.62. The lowest BCUT2D eigenvalue weighted by atomic mass is 9.84. The van der Waals surface area contributed by atoms with Crippen molar-refractivity contribution in [3.63, 3.8) is 0 Å². The Morgan fingerprint density at radius 3 is 2.41 bits per heavy atom. The highest BCUT2D eigenvalue weighted by atomic mass is 15.2. The van der Waals surface area contributed by atoms with Crippen LogP contribution < -0.4 is 5.32 Å². The van der Waals surface area contributed by atoms with E-state index in [0.29, 0.717) is 0 Å². The van der Waals surface area contributed by atoms with E-state index in [1.807, 2.05) is 0 Å². The van der Waals surface area contributed by atoms with E-state index >= 15 is 0 Å². The summed E-state index contributed by atoms with van der Waals surface area (Å²) >= 11 is 0. The van der Waals surface area contributed by atoms with Crippen molar-refractivity contribution in [2.75, 3.05) is 20.1 Å². The normalized spacial score (nSPS) is 39.5. The molecule has 2 rings (SSSR count). The fraction of sp³-hybridized carbons (Fsp3) is 1.00. The van der Waals surface area contributed by atoms with Crippen molar-refractivity contribution in [1.29, 1.82) is 0 Å². The summed E-state index contributed by atoms with van der Waals surface area (Å²) in [6.45, 7) is 7.33. The molecule has 1 aliphatic heterocycles. The highest BCUT2D eigenvalue weighted by molar-refractivity contribution is 4.85. The topological polar surface area (TPSA) is 15.3 Å². The number of nitrogens with zero attached hydrogens (tertiary/aromatic N) is 1. The van der Waals surface area contributed by atoms with Gasteiger partial charge in [0.05, 0.1) is 0 Å². The Balaban J connectivity index is 1.84. The van der Waals surface area contributed by atoms with Crippen LogP contribution in [0.25, 0.3) is 0 Å². The summed E-state index contributed by atoms with van der Waals surface area (Å²) in [5, 5.41) is 3.71. The standard InChI is InChI=1S/C15H30N2/c1-12-8-6-10-16-14(12)11-17(3)15-9-5-4-7-13(15)2/h12-16H,4-11H2,1-3H3. The van der Waals surface area contributed by atoms with Crippen LogP contribution in [0.5, 0.6) is 0 Å². The maximum Gasteiger partial charge on any atom is 0.0220 e. The van der Waals surface area contributed by atoms with Gasteiger partial charge in [-0.15, -0.1) is 0 Å². The summed E-state index contributed by atoms with van der Waals surface area (Å²) in [6.07, 6.45) is 8.50. The van der Waals surface area contributed by atoms with Crippen LogP contribution in [0.4, 0.5) is 0 Å². The molecule has 1 saturated carbocycles. The molecule has 0 spiro atoms. The molecule has 1 aliphatic carbocycles. The Kier molecular flexibility index (Phi) is 4.87. The number of hydrogen-bond acceptors (Lipinski definition) is 2. The maximum atomic E-state index is 3.71. The van der Waals surface area contributed by atoms with Crippen molar-refractivity contribution in [3.8, 4) is 0 Å². The third-order valence-corrected chi connectivity index (χ3v) is 5.05. The minimum Gasteiger partial charge on any atom is -0.312 e. The van der Waals surface area contributed by atoms with Crippen LogP contribution >= 0.6 is 0 Å². The molecule has 2 nitrogen and oxygen atoms in total. The molecule has 0 amide bonds. The lowest BCUT2D eigenvalue weighted by molar-refractivity contribution is 0.111. The monoisotopic (exact) mass is 238 g/mol. The van der Waals surface area contributed by atoms with E-state index in [-0.39, 0.29) is 0 Å². The molecule has 1 saturated heterocycles. The van der Waals surface area contributed by atoms with E-state index in [0.717, 1.165) is 23.9 Å². The zero-order valence-corrected chi connectivity index (χ0v) is 11.9. The van der Waals surface area contributed by atoms with Gasteiger partial charge in [0.1, 0.15) is 0 Å². The van der Waals surface area contributed by atoms with Crippen LogP contribution in [0.2, 0.25) is 0 Å². The van der Waals surface area contributed by atoms with Crippen LogP contribution in [0, 0.1) is 11.8 Å². The SMILES string of the molecule is CC1CCCNC1CN(C)C1CCCCC1C. The van der Waals surface area contributed by atoms with Crippen LogP contribution in [0.1, 0.15) is 52.4 Å². The highest BCUT2D eigenvalue weighted by Crippen LogP contribution is 2.28. The van der Waals surface area contributed by atoms with Crippen molar-refractivity contribution < 1.29 is 0 Å². The predicted molar refractivity (Wildman–Crippen MR) is 74.2 cm³/mol. The van der Waals surface area contributed by atoms with Crippen molar-refractivity contribution in [2.45, 2.75) is 64.5 Å². The van der Waals surface area contributed by atoms with Crippen LogP contribution in [0.15, 0.2) is 0 Å². The number of rotatable bonds is 3. The molecule has 0 radical (unpaired) electrons. The van der Waals surface area contributed by atoms with Gasteiger partial charge in [0.2, 0.25) is 0 Å². The van der Waals surface area contributed by atoms with Gasteiger partial charge >= 0.3 is 0 Å². The Bertz CT molecular complexity index is 229. The molecular weight excluding hydrogens is 208 g/mol. The third kappa shape index (κ3) is 3.45. The van der Waals surface area contributed by atoms with Crippen LogP contribution in [0.3, 0.4) is 0 Å². The lowest BCUT2D eigenvalue weighted by Gasteiger charge is -2.40. The zero-order valence-electron chi connectivity index (χ0n) is 11.9. The summed E-state index contributed by atoms with van der Waals surface area (Å²) in [5.41, 5.74) is 0. The first-order valence-electron chi connectivity index (χ1n) is 7.62. The fourth-order valence-corrected chi connectivity index (χ4v) is 3.76. The van der Waals surface area contributed by atoms with E-state index in [4.69, 9.17) is 0 Å². The van der Waals surface area contributed by atoms with Gasteiger partial charge in [-0.05, 0) is 51.1 Å². The third-order valence-electron chi connectivity index (χ3n) is 5.05. The summed E-state index contributed by atoms with van der Waals surface area (Å²) in [6, 6.07) is 1.56. The molecule has 2 heteroatoms. The van der Waals surface area contributed by atoms with E-state index < -0.39 is 0 Å². The lowest BCUT2D eigenvalue weighted by Crippen LogP contribution is -2.50. The summed E-state index contributed by atoms with van der Waals surface area (Å²) in [5.74, 6) is 1.75. The van der Waals surface area contributed by atoms with Gasteiger partial charge in [-0.3, -0.25) is 0 Å².